The van der Waals surface area contributed by atoms with Gasteiger partial charge in [0.25, 0.3) is 0 Å². The van der Waals surface area contributed by atoms with Crippen molar-refractivity contribution in [1.29, 1.82) is 0 Å². The van der Waals surface area contributed by atoms with Crippen LogP contribution in [-0.2, 0) is 27.2 Å². The van der Waals surface area contributed by atoms with Gasteiger partial charge in [0.15, 0.2) is 0 Å². The van der Waals surface area contributed by atoms with E-state index >= 15 is 0 Å². The molecule has 5 rings (SSSR count). The third-order valence-electron chi connectivity index (χ3n) is 9.82. The summed E-state index contributed by atoms with van der Waals surface area (Å²) in [5, 5.41) is 7.22. The number of rotatable bonds is 10. The molecule has 3 amide bonds. The Morgan fingerprint density at radius 1 is 0.933 bits per heavy atom. The normalized spacial score (nSPS) is 20.3. The third-order valence-corrected chi connectivity index (χ3v) is 10.2. The standard InChI is InChI=1S/C36H50ClN5O3/c1-25(2)24-42(29-13-18-40(19-14-29)26(3)43)30-15-20-41(21-16-30)36(45)34(22-28-9-5-7-11-32(28)37)39-35(44)23-33-31-10-6-4-8-27(31)12-17-38-33/h4-11,25,29-30,33-34,38H,12-24H2,1-3H3,(H,39,44)/t33-,34+/m0/s1. The number of hydrogen-bond donors (Lipinski definition) is 2. The molecule has 2 N–H and O–H groups in total. The van der Waals surface area contributed by atoms with Crippen molar-refractivity contribution in [3.8, 4) is 0 Å². The zero-order chi connectivity index (χ0) is 31.9. The number of piperidine rings is 2. The lowest BCUT2D eigenvalue weighted by molar-refractivity contribution is -0.138. The van der Waals surface area contributed by atoms with Crippen molar-refractivity contribution in [3.05, 3.63) is 70.2 Å². The van der Waals surface area contributed by atoms with Gasteiger partial charge in [-0.3, -0.25) is 19.3 Å². The van der Waals surface area contributed by atoms with Crippen molar-refractivity contribution in [2.45, 2.75) is 89.9 Å². The van der Waals surface area contributed by atoms with E-state index in [2.05, 4.69) is 41.5 Å². The number of carbonyl (C=O) groups is 3. The van der Waals surface area contributed by atoms with E-state index in [1.54, 1.807) is 6.92 Å². The molecule has 0 unspecified atom stereocenters. The molecule has 2 saturated heterocycles. The van der Waals surface area contributed by atoms with E-state index in [-0.39, 0.29) is 30.2 Å². The van der Waals surface area contributed by atoms with Crippen LogP contribution in [0.3, 0.4) is 0 Å². The van der Waals surface area contributed by atoms with Crippen molar-refractivity contribution >= 4 is 29.3 Å². The molecule has 3 heterocycles. The van der Waals surface area contributed by atoms with Gasteiger partial charge in [-0.15, -0.1) is 0 Å². The van der Waals surface area contributed by atoms with Gasteiger partial charge in [0, 0.05) is 75.6 Å². The first kappa shape index (κ1) is 33.4. The molecule has 2 aromatic carbocycles. The molecule has 45 heavy (non-hydrogen) atoms. The number of nitrogens with zero attached hydrogens (tertiary/aromatic N) is 3. The number of hydrogen-bond acceptors (Lipinski definition) is 5. The molecule has 2 aromatic rings. The van der Waals surface area contributed by atoms with Gasteiger partial charge in [0.05, 0.1) is 0 Å². The second-order valence-corrected chi connectivity index (χ2v) is 13.9. The van der Waals surface area contributed by atoms with Crippen LogP contribution in [-0.4, -0.2) is 89.8 Å². The lowest BCUT2D eigenvalue weighted by atomic mass is 9.92. The number of fused-ring (bicyclic) bond motifs is 1. The highest BCUT2D eigenvalue weighted by Gasteiger charge is 2.36. The summed E-state index contributed by atoms with van der Waals surface area (Å²) in [6.45, 7) is 11.0. The number of carbonyl (C=O) groups excluding carboxylic acids is 3. The Morgan fingerprint density at radius 3 is 2.20 bits per heavy atom. The molecule has 3 aliphatic heterocycles. The Labute approximate surface area is 273 Å². The quantitative estimate of drug-likeness (QED) is 0.399. The lowest BCUT2D eigenvalue weighted by Crippen LogP contribution is -2.56. The maximum atomic E-state index is 14.1. The smallest absolute Gasteiger partial charge is 0.245 e. The highest BCUT2D eigenvalue weighted by molar-refractivity contribution is 6.31. The number of nitrogens with one attached hydrogen (secondary N) is 2. The van der Waals surface area contributed by atoms with Crippen molar-refractivity contribution in [3.63, 3.8) is 0 Å². The highest BCUT2D eigenvalue weighted by Crippen LogP contribution is 2.28. The molecule has 244 valence electrons. The average molecular weight is 636 g/mol. The van der Waals surface area contributed by atoms with Crippen LogP contribution < -0.4 is 10.6 Å². The van der Waals surface area contributed by atoms with Crippen LogP contribution in [0, 0.1) is 5.92 Å². The Hall–Kier alpha value is -2.94. The zero-order valence-corrected chi connectivity index (χ0v) is 27.9. The van der Waals surface area contributed by atoms with E-state index in [0.717, 1.165) is 69.4 Å². The molecule has 0 aromatic heterocycles. The molecular formula is C36H50ClN5O3. The van der Waals surface area contributed by atoms with E-state index in [1.165, 1.54) is 5.56 Å². The van der Waals surface area contributed by atoms with E-state index in [0.29, 0.717) is 42.5 Å². The van der Waals surface area contributed by atoms with Crippen LogP contribution >= 0.6 is 11.6 Å². The third kappa shape index (κ3) is 8.66. The fourth-order valence-electron chi connectivity index (χ4n) is 7.47. The van der Waals surface area contributed by atoms with Gasteiger partial charge in [-0.1, -0.05) is 67.9 Å². The van der Waals surface area contributed by atoms with Gasteiger partial charge in [0.2, 0.25) is 17.7 Å². The van der Waals surface area contributed by atoms with Crippen LogP contribution in [0.2, 0.25) is 5.02 Å². The average Bonchev–Trinajstić information content (AvgIpc) is 3.04. The second-order valence-electron chi connectivity index (χ2n) is 13.5. The molecule has 0 bridgehead atoms. The van der Waals surface area contributed by atoms with Crippen molar-refractivity contribution in [2.75, 3.05) is 39.3 Å². The molecule has 0 spiro atoms. The maximum absolute atomic E-state index is 14.1. The van der Waals surface area contributed by atoms with Crippen LogP contribution in [0.25, 0.3) is 0 Å². The molecule has 3 aliphatic rings. The van der Waals surface area contributed by atoms with Crippen LogP contribution in [0.4, 0.5) is 0 Å². The first-order valence-corrected chi connectivity index (χ1v) is 17.2. The van der Waals surface area contributed by atoms with Crippen molar-refractivity contribution < 1.29 is 14.4 Å². The molecule has 2 fully saturated rings. The number of likely N-dealkylation sites (tertiary alicyclic amines) is 2. The number of benzene rings is 2. The molecule has 0 aliphatic carbocycles. The summed E-state index contributed by atoms with van der Waals surface area (Å²) >= 11 is 6.53. The molecule has 0 radical (unpaired) electrons. The summed E-state index contributed by atoms with van der Waals surface area (Å²) in [4.78, 5) is 46.1. The Bertz CT molecular complexity index is 1320. The summed E-state index contributed by atoms with van der Waals surface area (Å²) in [5.41, 5.74) is 3.29. The van der Waals surface area contributed by atoms with Crippen molar-refractivity contribution in [2.24, 2.45) is 5.92 Å². The first-order chi connectivity index (χ1) is 21.7. The zero-order valence-electron chi connectivity index (χ0n) is 27.1. The van der Waals surface area contributed by atoms with Gasteiger partial charge in [0.1, 0.15) is 6.04 Å². The first-order valence-electron chi connectivity index (χ1n) is 16.8. The predicted octanol–water partition coefficient (Wildman–Crippen LogP) is 4.60. The monoisotopic (exact) mass is 635 g/mol. The Morgan fingerprint density at radius 2 is 1.56 bits per heavy atom. The number of halogens is 1. The summed E-state index contributed by atoms with van der Waals surface area (Å²) in [6.07, 6.45) is 5.38. The minimum absolute atomic E-state index is 0.0381. The Kier molecular flexibility index (Phi) is 11.6. The van der Waals surface area contributed by atoms with Crippen LogP contribution in [0.1, 0.15) is 75.6 Å². The maximum Gasteiger partial charge on any atom is 0.245 e. The van der Waals surface area contributed by atoms with Gasteiger partial charge < -0.3 is 20.4 Å². The SMILES string of the molecule is CC(=O)N1CCC(N(CC(C)C)C2CCN(C(=O)[C@@H](Cc3ccccc3Cl)NC(=O)C[C@@H]3NCCc4ccccc43)CC2)CC1. The van der Waals surface area contributed by atoms with Crippen LogP contribution in [0.5, 0.6) is 0 Å². The number of amides is 3. The lowest BCUT2D eigenvalue weighted by Gasteiger charge is -2.46. The van der Waals surface area contributed by atoms with E-state index in [1.807, 2.05) is 46.2 Å². The minimum atomic E-state index is -0.685. The molecule has 9 heteroatoms. The van der Waals surface area contributed by atoms with Gasteiger partial charge in [-0.25, -0.2) is 0 Å². The topological polar surface area (TPSA) is 85.0 Å². The molecule has 0 saturated carbocycles. The second kappa shape index (κ2) is 15.6. The van der Waals surface area contributed by atoms with Gasteiger partial charge in [-0.2, -0.15) is 0 Å². The summed E-state index contributed by atoms with van der Waals surface area (Å²) in [5.74, 6) is 0.527. The fraction of sp³-hybridized carbons (Fsp3) is 0.583. The van der Waals surface area contributed by atoms with E-state index in [9.17, 15) is 14.4 Å². The predicted molar refractivity (Wildman–Crippen MR) is 179 cm³/mol. The highest BCUT2D eigenvalue weighted by atomic mass is 35.5. The Balaban J connectivity index is 1.24. The van der Waals surface area contributed by atoms with E-state index in [4.69, 9.17) is 11.6 Å². The van der Waals surface area contributed by atoms with E-state index < -0.39 is 6.04 Å². The minimum Gasteiger partial charge on any atom is -0.344 e. The largest absolute Gasteiger partial charge is 0.344 e. The molecular weight excluding hydrogens is 586 g/mol. The molecule has 2 atom stereocenters. The van der Waals surface area contributed by atoms with Crippen LogP contribution in [0.15, 0.2) is 48.5 Å². The fourth-order valence-corrected chi connectivity index (χ4v) is 7.68. The van der Waals surface area contributed by atoms with Crippen molar-refractivity contribution in [1.82, 2.24) is 25.3 Å². The molecule has 8 nitrogen and oxygen atoms in total. The van der Waals surface area contributed by atoms with Gasteiger partial charge in [-0.05, 0) is 67.3 Å². The van der Waals surface area contributed by atoms with Gasteiger partial charge >= 0.3 is 0 Å². The summed E-state index contributed by atoms with van der Waals surface area (Å²) in [7, 11) is 0. The summed E-state index contributed by atoms with van der Waals surface area (Å²) in [6, 6.07) is 15.9. The summed E-state index contributed by atoms with van der Waals surface area (Å²) < 4.78 is 0.